The van der Waals surface area contributed by atoms with Gasteiger partial charge in [0.25, 0.3) is 5.91 Å². The Morgan fingerprint density at radius 1 is 1.24 bits per heavy atom. The second-order valence-electron chi connectivity index (χ2n) is 6.14. The van der Waals surface area contributed by atoms with Crippen LogP contribution in [0.2, 0.25) is 0 Å². The van der Waals surface area contributed by atoms with Crippen molar-refractivity contribution in [3.8, 4) is 5.69 Å². The number of nitrogens with zero attached hydrogens (tertiary/aromatic N) is 3. The maximum Gasteiger partial charge on any atom is 0.291 e. The van der Waals surface area contributed by atoms with Crippen molar-refractivity contribution in [3.63, 3.8) is 0 Å². The Hall–Kier alpha value is -2.77. The van der Waals surface area contributed by atoms with Crippen molar-refractivity contribution in [2.24, 2.45) is 5.92 Å². The zero-order chi connectivity index (χ0) is 18.6. The lowest BCUT2D eigenvalue weighted by molar-refractivity contribution is -0.122. The van der Waals surface area contributed by atoms with E-state index in [0.29, 0.717) is 17.9 Å². The smallest absolute Gasteiger partial charge is 0.291 e. The zero-order valence-electron chi connectivity index (χ0n) is 14.7. The van der Waals surface area contributed by atoms with Crippen molar-refractivity contribution in [1.29, 1.82) is 0 Å². The molecule has 0 spiro atoms. The lowest BCUT2D eigenvalue weighted by Crippen LogP contribution is -2.46. The Morgan fingerprint density at radius 2 is 1.88 bits per heavy atom. The van der Waals surface area contributed by atoms with Gasteiger partial charge in [0, 0.05) is 7.05 Å². The van der Waals surface area contributed by atoms with Crippen LogP contribution in [0.5, 0.6) is 0 Å². The molecular weight excluding hydrogens is 325 g/mol. The second kappa shape index (κ2) is 7.87. The molecule has 1 atom stereocenters. The molecule has 0 fully saturated rings. The van der Waals surface area contributed by atoms with Crippen LogP contribution in [0.3, 0.4) is 0 Å². The van der Waals surface area contributed by atoms with Gasteiger partial charge in [-0.05, 0) is 43.5 Å². The van der Waals surface area contributed by atoms with E-state index in [1.807, 2.05) is 13.8 Å². The van der Waals surface area contributed by atoms with Crippen LogP contribution in [0, 0.1) is 18.7 Å². The Kier molecular flexibility index (Phi) is 5.84. The van der Waals surface area contributed by atoms with E-state index in [2.05, 4.69) is 20.7 Å². The summed E-state index contributed by atoms with van der Waals surface area (Å²) >= 11 is 0. The first-order valence-electron chi connectivity index (χ1n) is 8.04. The van der Waals surface area contributed by atoms with Gasteiger partial charge in [-0.25, -0.2) is 14.1 Å². The molecule has 0 saturated carbocycles. The van der Waals surface area contributed by atoms with Crippen molar-refractivity contribution in [3.05, 3.63) is 41.7 Å². The molecule has 0 saturated heterocycles. The molecule has 0 radical (unpaired) electrons. The summed E-state index contributed by atoms with van der Waals surface area (Å²) in [6.45, 7) is 5.62. The van der Waals surface area contributed by atoms with Crippen LogP contribution in [0.4, 0.5) is 4.39 Å². The summed E-state index contributed by atoms with van der Waals surface area (Å²) in [4.78, 5) is 28.5. The van der Waals surface area contributed by atoms with Crippen LogP contribution in [0.15, 0.2) is 24.3 Å². The van der Waals surface area contributed by atoms with Gasteiger partial charge in [-0.15, -0.1) is 5.10 Å². The summed E-state index contributed by atoms with van der Waals surface area (Å²) in [5, 5.41) is 9.37. The van der Waals surface area contributed by atoms with Gasteiger partial charge in [0.05, 0.1) is 5.69 Å². The van der Waals surface area contributed by atoms with E-state index in [1.54, 1.807) is 19.1 Å². The summed E-state index contributed by atoms with van der Waals surface area (Å²) in [7, 11) is 1.52. The van der Waals surface area contributed by atoms with Crippen molar-refractivity contribution in [2.75, 3.05) is 7.05 Å². The number of likely N-dealkylation sites (N-methyl/N-ethyl adjacent to an activating group) is 1. The topological polar surface area (TPSA) is 88.9 Å². The summed E-state index contributed by atoms with van der Waals surface area (Å²) in [6.07, 6.45) is 0.503. The van der Waals surface area contributed by atoms with E-state index in [-0.39, 0.29) is 23.5 Å². The van der Waals surface area contributed by atoms with Gasteiger partial charge in [-0.1, -0.05) is 13.8 Å². The molecule has 8 heteroatoms. The highest BCUT2D eigenvalue weighted by atomic mass is 19.1. The molecule has 1 aromatic carbocycles. The van der Waals surface area contributed by atoms with Crippen LogP contribution in [0.1, 0.15) is 36.7 Å². The maximum atomic E-state index is 13.0. The van der Waals surface area contributed by atoms with Crippen molar-refractivity contribution >= 4 is 11.8 Å². The van der Waals surface area contributed by atoms with Gasteiger partial charge in [0.1, 0.15) is 17.7 Å². The highest BCUT2D eigenvalue weighted by Gasteiger charge is 2.24. The lowest BCUT2D eigenvalue weighted by atomic mass is 10.0. The highest BCUT2D eigenvalue weighted by molar-refractivity contribution is 5.94. The Balaban J connectivity index is 2.20. The minimum absolute atomic E-state index is 0.0421. The molecule has 0 bridgehead atoms. The van der Waals surface area contributed by atoms with Crippen molar-refractivity contribution in [1.82, 2.24) is 25.4 Å². The fourth-order valence-electron chi connectivity index (χ4n) is 2.41. The van der Waals surface area contributed by atoms with Gasteiger partial charge in [0.15, 0.2) is 0 Å². The molecule has 0 aliphatic carbocycles. The first-order valence-corrected chi connectivity index (χ1v) is 8.04. The monoisotopic (exact) mass is 347 g/mol. The van der Waals surface area contributed by atoms with Crippen LogP contribution in [0.25, 0.3) is 5.69 Å². The Labute approximate surface area is 145 Å². The minimum Gasteiger partial charge on any atom is -0.357 e. The molecule has 2 aromatic rings. The molecule has 2 amide bonds. The first-order chi connectivity index (χ1) is 11.8. The fraction of sp³-hybridized carbons (Fsp3) is 0.412. The normalized spacial score (nSPS) is 12.1. The van der Waals surface area contributed by atoms with Gasteiger partial charge < -0.3 is 10.6 Å². The van der Waals surface area contributed by atoms with Gasteiger partial charge in [0.2, 0.25) is 11.7 Å². The van der Waals surface area contributed by atoms with E-state index in [4.69, 9.17) is 0 Å². The van der Waals surface area contributed by atoms with Crippen LogP contribution in [-0.4, -0.2) is 39.7 Å². The van der Waals surface area contributed by atoms with E-state index >= 15 is 0 Å². The Bertz CT molecular complexity index is 755. The van der Waals surface area contributed by atoms with Crippen molar-refractivity contribution < 1.29 is 14.0 Å². The number of amides is 2. The molecule has 25 heavy (non-hydrogen) atoms. The predicted octanol–water partition coefficient (Wildman–Crippen LogP) is 1.61. The van der Waals surface area contributed by atoms with Gasteiger partial charge in [-0.3, -0.25) is 9.59 Å². The predicted molar refractivity (Wildman–Crippen MR) is 90.8 cm³/mol. The van der Waals surface area contributed by atoms with Crippen LogP contribution < -0.4 is 10.6 Å². The number of nitrogens with one attached hydrogen (secondary N) is 2. The van der Waals surface area contributed by atoms with E-state index < -0.39 is 11.9 Å². The molecule has 134 valence electrons. The van der Waals surface area contributed by atoms with Crippen molar-refractivity contribution in [2.45, 2.75) is 33.2 Å². The number of hydrogen-bond acceptors (Lipinski definition) is 4. The number of aryl methyl sites for hydroxylation is 1. The average molecular weight is 347 g/mol. The maximum absolute atomic E-state index is 13.0. The van der Waals surface area contributed by atoms with E-state index in [1.165, 1.54) is 23.9 Å². The molecule has 1 aromatic heterocycles. The molecule has 2 N–H and O–H groups in total. The molecule has 0 aliphatic rings. The number of carbonyl (C=O) groups is 2. The third kappa shape index (κ3) is 4.62. The fourth-order valence-corrected chi connectivity index (χ4v) is 2.41. The second-order valence-corrected chi connectivity index (χ2v) is 6.14. The lowest BCUT2D eigenvalue weighted by Gasteiger charge is -2.18. The third-order valence-corrected chi connectivity index (χ3v) is 3.62. The number of aromatic nitrogens is 3. The number of carbonyl (C=O) groups excluding carboxylic acids is 2. The quantitative estimate of drug-likeness (QED) is 0.831. The highest BCUT2D eigenvalue weighted by Crippen LogP contribution is 2.11. The number of halogens is 1. The summed E-state index contributed by atoms with van der Waals surface area (Å²) in [5.74, 6) is -0.484. The molecule has 1 heterocycles. The number of rotatable bonds is 6. The van der Waals surface area contributed by atoms with Crippen LogP contribution in [-0.2, 0) is 4.79 Å². The minimum atomic E-state index is -0.657. The molecular formula is C17H22FN5O2. The molecule has 1 unspecified atom stereocenters. The van der Waals surface area contributed by atoms with Gasteiger partial charge in [-0.2, -0.15) is 0 Å². The number of hydrogen-bond donors (Lipinski definition) is 2. The molecule has 0 aliphatic heterocycles. The summed E-state index contributed by atoms with van der Waals surface area (Å²) in [5.41, 5.74) is 0.593. The summed E-state index contributed by atoms with van der Waals surface area (Å²) in [6, 6.07) is 5.05. The Morgan fingerprint density at radius 3 is 2.44 bits per heavy atom. The SMILES string of the molecule is CNC(=O)C(CC(C)C)NC(=O)c1nc(C)n(-c2ccc(F)cc2)n1. The molecule has 7 nitrogen and oxygen atoms in total. The van der Waals surface area contributed by atoms with Gasteiger partial charge >= 0.3 is 0 Å². The van der Waals surface area contributed by atoms with E-state index in [0.717, 1.165) is 0 Å². The molecule has 2 rings (SSSR count). The number of benzene rings is 1. The average Bonchev–Trinajstić information content (AvgIpc) is 2.95. The largest absolute Gasteiger partial charge is 0.357 e. The van der Waals surface area contributed by atoms with Crippen LogP contribution >= 0.6 is 0 Å². The standard InChI is InChI=1S/C17H22FN5O2/c1-10(2)9-14(16(24)19-4)21-17(25)15-20-11(3)23(22-15)13-7-5-12(18)6-8-13/h5-8,10,14H,9H2,1-4H3,(H,19,24)(H,21,25). The summed E-state index contributed by atoms with van der Waals surface area (Å²) < 4.78 is 14.5. The zero-order valence-corrected chi connectivity index (χ0v) is 14.7. The third-order valence-electron chi connectivity index (χ3n) is 3.62. The first kappa shape index (κ1) is 18.6. The van der Waals surface area contributed by atoms with E-state index in [9.17, 15) is 14.0 Å².